The lowest BCUT2D eigenvalue weighted by Gasteiger charge is -2.23. The second kappa shape index (κ2) is 14.4. The van der Waals surface area contributed by atoms with Crippen LogP contribution in [0.5, 0.6) is 5.75 Å². The van der Waals surface area contributed by atoms with Crippen LogP contribution >= 0.6 is 0 Å². The van der Waals surface area contributed by atoms with Gasteiger partial charge in [0.25, 0.3) is 0 Å². The monoisotopic (exact) mass is 611 g/mol. The van der Waals surface area contributed by atoms with Crippen LogP contribution in [0.4, 0.5) is 5.69 Å². The van der Waals surface area contributed by atoms with Crippen LogP contribution in [0, 0.1) is 27.7 Å². The molecule has 8 heteroatoms. The molecule has 2 amide bonds. The summed E-state index contributed by atoms with van der Waals surface area (Å²) in [5.74, 6) is 0.112. The predicted molar refractivity (Wildman–Crippen MR) is 184 cm³/mol. The van der Waals surface area contributed by atoms with E-state index in [0.717, 1.165) is 67.1 Å². The molecule has 0 bridgehead atoms. The summed E-state index contributed by atoms with van der Waals surface area (Å²) in [5.41, 5.74) is 9.23. The van der Waals surface area contributed by atoms with E-state index in [0.29, 0.717) is 6.61 Å². The van der Waals surface area contributed by atoms with Crippen molar-refractivity contribution in [2.45, 2.75) is 34.3 Å². The van der Waals surface area contributed by atoms with Crippen LogP contribution in [0.25, 0.3) is 29.1 Å². The fourth-order valence-corrected chi connectivity index (χ4v) is 5.20. The fourth-order valence-electron chi connectivity index (χ4n) is 5.20. The average Bonchev–Trinajstić information content (AvgIpc) is 3.06. The van der Waals surface area contributed by atoms with Gasteiger partial charge in [-0.2, -0.15) is 0 Å². The van der Waals surface area contributed by atoms with Gasteiger partial charge in [-0.25, -0.2) is 4.98 Å². The minimum absolute atomic E-state index is 0.143. The Bertz CT molecular complexity index is 1930. The van der Waals surface area contributed by atoms with Crippen molar-refractivity contribution in [2.75, 3.05) is 18.5 Å². The quantitative estimate of drug-likeness (QED) is 0.175. The minimum atomic E-state index is -0.369. The SMILES string of the molecule is Cc1cc(C)c2cccc(OCc3c(C)ccc(N(C)C(=O)CNC(=O)C=Cc4ccc(C=Cc5cccnc5)nc4)c3C)c2n1. The smallest absolute Gasteiger partial charge is 0.246 e. The molecule has 3 heterocycles. The third-order valence-electron chi connectivity index (χ3n) is 7.83. The predicted octanol–water partition coefficient (Wildman–Crippen LogP) is 6.80. The Hall–Kier alpha value is -5.63. The molecule has 0 saturated heterocycles. The lowest BCUT2D eigenvalue weighted by atomic mass is 10.0. The maximum Gasteiger partial charge on any atom is 0.246 e. The summed E-state index contributed by atoms with van der Waals surface area (Å²) in [6.45, 7) is 8.25. The Balaban J connectivity index is 1.18. The van der Waals surface area contributed by atoms with Crippen LogP contribution in [0.3, 0.4) is 0 Å². The zero-order valence-electron chi connectivity index (χ0n) is 26.7. The van der Waals surface area contributed by atoms with Crippen molar-refractivity contribution in [3.8, 4) is 5.75 Å². The van der Waals surface area contributed by atoms with E-state index in [2.05, 4.69) is 34.3 Å². The van der Waals surface area contributed by atoms with Gasteiger partial charge in [-0.3, -0.25) is 19.6 Å². The van der Waals surface area contributed by atoms with Crippen molar-refractivity contribution in [1.29, 1.82) is 0 Å². The number of aromatic nitrogens is 3. The maximum absolute atomic E-state index is 13.1. The van der Waals surface area contributed by atoms with E-state index >= 15 is 0 Å². The summed E-state index contributed by atoms with van der Waals surface area (Å²) in [5, 5.41) is 3.75. The van der Waals surface area contributed by atoms with Gasteiger partial charge in [-0.15, -0.1) is 0 Å². The van der Waals surface area contributed by atoms with Crippen molar-refractivity contribution in [3.63, 3.8) is 0 Å². The molecule has 0 aliphatic heterocycles. The number of para-hydroxylation sites is 1. The number of anilines is 1. The number of aryl methyl sites for hydroxylation is 3. The molecule has 0 fully saturated rings. The van der Waals surface area contributed by atoms with Gasteiger partial charge >= 0.3 is 0 Å². The zero-order valence-corrected chi connectivity index (χ0v) is 26.7. The molecule has 0 aliphatic rings. The van der Waals surface area contributed by atoms with Gasteiger partial charge in [-0.1, -0.05) is 36.4 Å². The number of carbonyl (C=O) groups excluding carboxylic acids is 2. The number of pyridine rings is 3. The standard InChI is InChI=1S/C38H37N5O3/c1-25-11-17-34(28(4)33(25)24-46-35-10-6-9-32-26(2)20-27(3)42-38(32)35)43(5)37(45)23-41-36(44)18-14-30-13-16-31(40-22-30)15-12-29-8-7-19-39-21-29/h6-22H,23-24H2,1-5H3,(H,41,44). The van der Waals surface area contributed by atoms with Crippen molar-refractivity contribution in [1.82, 2.24) is 20.3 Å². The first-order chi connectivity index (χ1) is 22.2. The Kier molecular flexibility index (Phi) is 9.97. The van der Waals surface area contributed by atoms with Gasteiger partial charge < -0.3 is 15.0 Å². The molecular formula is C38H37N5O3. The summed E-state index contributed by atoms with van der Waals surface area (Å²) >= 11 is 0. The fraction of sp³-hybridized carbons (Fsp3) is 0.184. The van der Waals surface area contributed by atoms with Crippen LogP contribution in [-0.2, 0) is 16.2 Å². The van der Waals surface area contributed by atoms with Crippen molar-refractivity contribution in [3.05, 3.63) is 130 Å². The molecule has 46 heavy (non-hydrogen) atoms. The molecule has 0 spiro atoms. The molecule has 0 aliphatic carbocycles. The first-order valence-electron chi connectivity index (χ1n) is 15.0. The third-order valence-corrected chi connectivity index (χ3v) is 7.83. The van der Waals surface area contributed by atoms with Crippen LogP contribution < -0.4 is 15.0 Å². The first-order valence-corrected chi connectivity index (χ1v) is 15.0. The Morgan fingerprint density at radius 2 is 1.72 bits per heavy atom. The second-order valence-electron chi connectivity index (χ2n) is 11.2. The van der Waals surface area contributed by atoms with E-state index in [1.54, 1.807) is 36.6 Å². The topological polar surface area (TPSA) is 97.3 Å². The van der Waals surface area contributed by atoms with E-state index in [1.807, 2.05) is 81.5 Å². The molecule has 8 nitrogen and oxygen atoms in total. The number of hydrogen-bond donors (Lipinski definition) is 1. The van der Waals surface area contributed by atoms with E-state index in [1.165, 1.54) is 6.08 Å². The molecule has 0 atom stereocenters. The number of nitrogens with zero attached hydrogens (tertiary/aromatic N) is 4. The van der Waals surface area contributed by atoms with E-state index in [4.69, 9.17) is 9.72 Å². The average molecular weight is 612 g/mol. The van der Waals surface area contributed by atoms with Crippen LogP contribution in [0.15, 0.2) is 85.3 Å². The number of hydrogen-bond acceptors (Lipinski definition) is 6. The van der Waals surface area contributed by atoms with Crippen molar-refractivity contribution in [2.24, 2.45) is 0 Å². The molecule has 232 valence electrons. The van der Waals surface area contributed by atoms with E-state index in [-0.39, 0.29) is 18.4 Å². The second-order valence-corrected chi connectivity index (χ2v) is 11.2. The van der Waals surface area contributed by atoms with Crippen molar-refractivity contribution < 1.29 is 14.3 Å². The highest BCUT2D eigenvalue weighted by molar-refractivity contribution is 5.99. The molecule has 1 N–H and O–H groups in total. The molecule has 0 radical (unpaired) electrons. The van der Waals surface area contributed by atoms with Gasteiger partial charge in [0.05, 0.1) is 12.2 Å². The van der Waals surface area contributed by atoms with Gasteiger partial charge in [0.2, 0.25) is 11.8 Å². The van der Waals surface area contributed by atoms with Crippen molar-refractivity contribution >= 4 is 46.6 Å². The lowest BCUT2D eigenvalue weighted by Crippen LogP contribution is -2.38. The number of carbonyl (C=O) groups is 2. The molecule has 5 aromatic rings. The largest absolute Gasteiger partial charge is 0.487 e. The highest BCUT2D eigenvalue weighted by Gasteiger charge is 2.17. The van der Waals surface area contributed by atoms with Crippen LogP contribution in [0.2, 0.25) is 0 Å². The van der Waals surface area contributed by atoms with E-state index < -0.39 is 0 Å². The molecule has 2 aromatic carbocycles. The van der Waals surface area contributed by atoms with Crippen LogP contribution in [-0.4, -0.2) is 40.4 Å². The number of fused-ring (bicyclic) bond motifs is 1. The first kappa shape index (κ1) is 31.8. The zero-order chi connectivity index (χ0) is 32.6. The summed E-state index contributed by atoms with van der Waals surface area (Å²) in [6, 6.07) is 19.5. The summed E-state index contributed by atoms with van der Waals surface area (Å²) < 4.78 is 6.31. The molecule has 3 aromatic heterocycles. The number of rotatable bonds is 10. The molecular weight excluding hydrogens is 574 g/mol. The Morgan fingerprint density at radius 1 is 0.891 bits per heavy atom. The Labute approximate surface area is 269 Å². The van der Waals surface area contributed by atoms with Crippen LogP contribution in [0.1, 0.15) is 44.8 Å². The third kappa shape index (κ3) is 7.71. The minimum Gasteiger partial charge on any atom is -0.487 e. The molecule has 5 rings (SSSR count). The van der Waals surface area contributed by atoms with Gasteiger partial charge in [-0.05, 0) is 104 Å². The number of ether oxygens (including phenoxy) is 1. The van der Waals surface area contributed by atoms with Gasteiger partial charge in [0.1, 0.15) is 17.9 Å². The Morgan fingerprint density at radius 3 is 2.48 bits per heavy atom. The number of amides is 2. The highest BCUT2D eigenvalue weighted by Crippen LogP contribution is 2.30. The summed E-state index contributed by atoms with van der Waals surface area (Å²) in [7, 11) is 1.71. The van der Waals surface area contributed by atoms with Gasteiger partial charge in [0, 0.05) is 48.5 Å². The number of benzene rings is 2. The lowest BCUT2D eigenvalue weighted by molar-refractivity contribution is -0.122. The number of likely N-dealkylation sites (N-methyl/N-ethyl adjacent to an activating group) is 1. The highest BCUT2D eigenvalue weighted by atomic mass is 16.5. The summed E-state index contributed by atoms with van der Waals surface area (Å²) in [6.07, 6.45) is 12.1. The number of nitrogens with one attached hydrogen (secondary N) is 1. The molecule has 0 unspecified atom stereocenters. The van der Waals surface area contributed by atoms with E-state index in [9.17, 15) is 9.59 Å². The normalized spacial score (nSPS) is 11.3. The maximum atomic E-state index is 13.1. The van der Waals surface area contributed by atoms with Gasteiger partial charge in [0.15, 0.2) is 0 Å². The summed E-state index contributed by atoms with van der Waals surface area (Å²) in [4.78, 5) is 40.4. The molecule has 0 saturated carbocycles.